The molecule has 180 valence electrons. The van der Waals surface area contributed by atoms with Gasteiger partial charge in [0.05, 0.1) is 17.6 Å². The number of amides is 1. The van der Waals surface area contributed by atoms with Crippen molar-refractivity contribution in [1.82, 2.24) is 19.8 Å². The van der Waals surface area contributed by atoms with Crippen LogP contribution in [0.3, 0.4) is 0 Å². The highest BCUT2D eigenvalue weighted by Crippen LogP contribution is 2.49. The number of hydrogen-bond donors (Lipinski definition) is 1. The summed E-state index contributed by atoms with van der Waals surface area (Å²) in [5.74, 6) is 1.65. The molecule has 3 aliphatic rings. The van der Waals surface area contributed by atoms with E-state index in [1.165, 1.54) is 30.3 Å². The van der Waals surface area contributed by atoms with Crippen LogP contribution in [0.25, 0.3) is 11.0 Å². The van der Waals surface area contributed by atoms with Gasteiger partial charge >= 0.3 is 6.18 Å². The molecule has 1 amide bonds. The number of carbonyl (C=O) groups excluding carboxylic acids is 1. The summed E-state index contributed by atoms with van der Waals surface area (Å²) in [4.78, 5) is 18.6. The third kappa shape index (κ3) is 4.77. The summed E-state index contributed by atoms with van der Waals surface area (Å²) in [5.41, 5.74) is 0.907. The van der Waals surface area contributed by atoms with Gasteiger partial charge in [-0.05, 0) is 87.9 Å². The SMILES string of the molecule is CC(NC(=O)CN1CCC(Cn2c(C(F)(F)F)nc3ccccc32)CC1)C1CC2CCC1C2. The molecule has 2 heterocycles. The van der Waals surface area contributed by atoms with Crippen LogP contribution in [-0.4, -0.2) is 46.0 Å². The number of alkyl halides is 3. The summed E-state index contributed by atoms with van der Waals surface area (Å²) in [6, 6.07) is 7.01. The van der Waals surface area contributed by atoms with E-state index in [2.05, 4.69) is 22.1 Å². The van der Waals surface area contributed by atoms with E-state index in [0.717, 1.165) is 37.8 Å². The molecule has 1 aromatic carbocycles. The lowest BCUT2D eigenvalue weighted by molar-refractivity contribution is -0.147. The average Bonchev–Trinajstić information content (AvgIpc) is 3.49. The lowest BCUT2D eigenvalue weighted by Crippen LogP contribution is -2.46. The minimum atomic E-state index is -4.48. The van der Waals surface area contributed by atoms with Crippen LogP contribution in [-0.2, 0) is 17.5 Å². The van der Waals surface area contributed by atoms with E-state index in [4.69, 9.17) is 0 Å². The third-order valence-corrected chi connectivity index (χ3v) is 8.25. The predicted octanol–water partition coefficient (Wildman–Crippen LogP) is 4.71. The zero-order valence-electron chi connectivity index (χ0n) is 19.2. The monoisotopic (exact) mass is 462 g/mol. The normalized spacial score (nSPS) is 27.3. The Bertz CT molecular complexity index is 995. The molecule has 3 fully saturated rings. The molecule has 5 nitrogen and oxygen atoms in total. The number of likely N-dealkylation sites (tertiary alicyclic amines) is 1. The Hall–Kier alpha value is -2.09. The van der Waals surface area contributed by atoms with E-state index in [9.17, 15) is 18.0 Å². The van der Waals surface area contributed by atoms with Gasteiger partial charge < -0.3 is 9.88 Å². The first-order valence-electron chi connectivity index (χ1n) is 12.3. The van der Waals surface area contributed by atoms with Gasteiger partial charge in [-0.2, -0.15) is 13.2 Å². The Morgan fingerprint density at radius 2 is 1.91 bits per heavy atom. The number of fused-ring (bicyclic) bond motifs is 3. The van der Waals surface area contributed by atoms with Gasteiger partial charge in [0.2, 0.25) is 11.7 Å². The second-order valence-electron chi connectivity index (χ2n) is 10.4. The molecule has 2 bridgehead atoms. The summed E-state index contributed by atoms with van der Waals surface area (Å²) in [6.07, 6.45) is 2.33. The number of rotatable bonds is 6. The molecule has 1 aromatic heterocycles. The molecule has 4 atom stereocenters. The molecule has 1 aliphatic heterocycles. The maximum Gasteiger partial charge on any atom is 0.449 e. The van der Waals surface area contributed by atoms with Crippen LogP contribution in [0, 0.1) is 23.7 Å². The van der Waals surface area contributed by atoms with Gasteiger partial charge in [0.25, 0.3) is 0 Å². The highest BCUT2D eigenvalue weighted by molar-refractivity contribution is 5.78. The molecule has 2 aromatic rings. The number of aromatic nitrogens is 2. The Morgan fingerprint density at radius 1 is 1.15 bits per heavy atom. The summed E-state index contributed by atoms with van der Waals surface area (Å²) < 4.78 is 42.1. The number of nitrogens with zero attached hydrogens (tertiary/aromatic N) is 3. The van der Waals surface area contributed by atoms with E-state index in [0.29, 0.717) is 30.0 Å². The van der Waals surface area contributed by atoms with Gasteiger partial charge in [0.15, 0.2) is 0 Å². The number of para-hydroxylation sites is 2. The number of nitrogens with one attached hydrogen (secondary N) is 1. The Morgan fingerprint density at radius 3 is 2.58 bits per heavy atom. The fraction of sp³-hybridized carbons (Fsp3) is 0.680. The summed E-state index contributed by atoms with van der Waals surface area (Å²) in [5, 5.41) is 3.23. The largest absolute Gasteiger partial charge is 0.449 e. The first-order chi connectivity index (χ1) is 15.8. The first kappa shape index (κ1) is 22.7. The number of imidazole rings is 1. The van der Waals surface area contributed by atoms with Crippen LogP contribution in [0.1, 0.15) is 51.3 Å². The minimum Gasteiger partial charge on any atom is -0.352 e. The van der Waals surface area contributed by atoms with Crippen LogP contribution in [0.4, 0.5) is 13.2 Å². The molecule has 0 radical (unpaired) electrons. The van der Waals surface area contributed by atoms with E-state index in [1.807, 2.05) is 0 Å². The molecule has 5 rings (SSSR count). The standard InChI is InChI=1S/C25H33F3N4O/c1-16(20-13-18-6-7-19(20)12-18)29-23(33)15-31-10-8-17(9-11-31)14-32-22-5-3-2-4-21(22)30-24(32)25(26,27)28/h2-5,16-20H,6-15H2,1H3,(H,29,33). The second-order valence-corrected chi connectivity index (χ2v) is 10.4. The van der Waals surface area contributed by atoms with Crippen molar-refractivity contribution in [2.75, 3.05) is 19.6 Å². The van der Waals surface area contributed by atoms with Gasteiger partial charge in [0.1, 0.15) is 0 Å². The van der Waals surface area contributed by atoms with Crippen LogP contribution < -0.4 is 5.32 Å². The van der Waals surface area contributed by atoms with E-state index < -0.39 is 12.0 Å². The Balaban J connectivity index is 1.14. The molecular formula is C25H33F3N4O. The molecule has 2 aliphatic carbocycles. The minimum absolute atomic E-state index is 0.0729. The molecule has 1 N–H and O–H groups in total. The molecule has 2 saturated carbocycles. The number of carbonyl (C=O) groups is 1. The van der Waals surface area contributed by atoms with Gasteiger partial charge in [-0.15, -0.1) is 0 Å². The van der Waals surface area contributed by atoms with Gasteiger partial charge in [-0.25, -0.2) is 4.98 Å². The van der Waals surface area contributed by atoms with Crippen molar-refractivity contribution in [1.29, 1.82) is 0 Å². The van der Waals surface area contributed by atoms with Gasteiger partial charge in [0, 0.05) is 12.6 Å². The lowest BCUT2D eigenvalue weighted by atomic mass is 9.84. The van der Waals surface area contributed by atoms with Crippen molar-refractivity contribution in [2.45, 2.75) is 64.2 Å². The number of piperidine rings is 1. The van der Waals surface area contributed by atoms with Gasteiger partial charge in [-0.1, -0.05) is 18.6 Å². The van der Waals surface area contributed by atoms with E-state index in [1.54, 1.807) is 24.3 Å². The molecule has 4 unspecified atom stereocenters. The van der Waals surface area contributed by atoms with Crippen molar-refractivity contribution < 1.29 is 18.0 Å². The molecule has 8 heteroatoms. The first-order valence-corrected chi connectivity index (χ1v) is 12.3. The highest BCUT2D eigenvalue weighted by Gasteiger charge is 2.42. The Labute approximate surface area is 192 Å². The Kier molecular flexibility index (Phi) is 6.14. The highest BCUT2D eigenvalue weighted by atomic mass is 19.4. The third-order valence-electron chi connectivity index (χ3n) is 8.25. The molecule has 33 heavy (non-hydrogen) atoms. The number of benzene rings is 1. The lowest BCUT2D eigenvalue weighted by Gasteiger charge is -2.33. The maximum atomic E-state index is 13.6. The van der Waals surface area contributed by atoms with Crippen molar-refractivity contribution in [2.24, 2.45) is 23.7 Å². The quantitative estimate of drug-likeness (QED) is 0.677. The topological polar surface area (TPSA) is 50.2 Å². The van der Waals surface area contributed by atoms with Gasteiger partial charge in [-0.3, -0.25) is 9.69 Å². The van der Waals surface area contributed by atoms with Crippen LogP contribution >= 0.6 is 0 Å². The summed E-state index contributed by atoms with van der Waals surface area (Å²) in [6.45, 7) is 4.28. The summed E-state index contributed by atoms with van der Waals surface area (Å²) >= 11 is 0. The maximum absolute atomic E-state index is 13.6. The van der Waals surface area contributed by atoms with Crippen molar-refractivity contribution in [3.8, 4) is 0 Å². The second kappa shape index (κ2) is 8.93. The molecular weight excluding hydrogens is 429 g/mol. The van der Waals surface area contributed by atoms with Crippen molar-refractivity contribution in [3.05, 3.63) is 30.1 Å². The van der Waals surface area contributed by atoms with Crippen molar-refractivity contribution in [3.63, 3.8) is 0 Å². The van der Waals surface area contributed by atoms with Crippen molar-refractivity contribution >= 4 is 16.9 Å². The molecule has 0 spiro atoms. The predicted molar refractivity (Wildman–Crippen MR) is 120 cm³/mol. The fourth-order valence-electron chi connectivity index (χ4n) is 6.58. The average molecular weight is 463 g/mol. The van der Waals surface area contributed by atoms with E-state index in [-0.39, 0.29) is 17.9 Å². The number of halogens is 3. The van der Waals surface area contributed by atoms with Crippen LogP contribution in [0.15, 0.2) is 24.3 Å². The molecule has 1 saturated heterocycles. The zero-order chi connectivity index (χ0) is 23.2. The fourth-order valence-corrected chi connectivity index (χ4v) is 6.58. The van der Waals surface area contributed by atoms with Crippen LogP contribution in [0.2, 0.25) is 0 Å². The zero-order valence-corrected chi connectivity index (χ0v) is 19.2. The smallest absolute Gasteiger partial charge is 0.352 e. The number of hydrogen-bond acceptors (Lipinski definition) is 3. The van der Waals surface area contributed by atoms with Crippen LogP contribution in [0.5, 0.6) is 0 Å². The van der Waals surface area contributed by atoms with E-state index >= 15 is 0 Å². The summed E-state index contributed by atoms with van der Waals surface area (Å²) in [7, 11) is 0.